The number of carbonyl (C=O) groups excluding carboxylic acids is 2. The van der Waals surface area contributed by atoms with Crippen molar-refractivity contribution in [3.63, 3.8) is 0 Å². The number of amides is 2. The second kappa shape index (κ2) is 10.0. The molecule has 0 heterocycles. The Bertz CT molecular complexity index is 431. The van der Waals surface area contributed by atoms with Crippen molar-refractivity contribution in [2.75, 3.05) is 17.8 Å². The molecule has 0 bridgehead atoms. The lowest BCUT2D eigenvalue weighted by molar-refractivity contribution is -0.125. The SMILES string of the molecule is CCCC(CCC)S(=O)(=O)CC(NC(=O)CSC)C(N)=O. The number of hydrogen-bond donors (Lipinski definition) is 2. The van der Waals surface area contributed by atoms with E-state index in [1.165, 1.54) is 11.8 Å². The highest BCUT2D eigenvalue weighted by molar-refractivity contribution is 7.99. The fourth-order valence-electron chi connectivity index (χ4n) is 2.08. The van der Waals surface area contributed by atoms with Crippen LogP contribution < -0.4 is 11.1 Å². The minimum Gasteiger partial charge on any atom is -0.368 e. The van der Waals surface area contributed by atoms with Gasteiger partial charge in [-0.25, -0.2) is 8.42 Å². The Balaban J connectivity index is 4.95. The second-order valence-corrected chi connectivity index (χ2v) is 8.18. The molecule has 1 unspecified atom stereocenters. The maximum absolute atomic E-state index is 12.4. The van der Waals surface area contributed by atoms with E-state index in [4.69, 9.17) is 5.73 Å². The third-order valence-electron chi connectivity index (χ3n) is 3.08. The van der Waals surface area contributed by atoms with Crippen molar-refractivity contribution in [1.29, 1.82) is 0 Å². The summed E-state index contributed by atoms with van der Waals surface area (Å²) in [4.78, 5) is 22.9. The smallest absolute Gasteiger partial charge is 0.241 e. The molecule has 0 aromatic rings. The van der Waals surface area contributed by atoms with Gasteiger partial charge in [0.05, 0.1) is 16.8 Å². The standard InChI is InChI=1S/C13H26N2O4S2/c1-4-6-10(7-5-2)21(18,19)9-11(13(14)17)15-12(16)8-20-3/h10-11H,4-9H2,1-3H3,(H2,14,17)(H,15,16). The van der Waals surface area contributed by atoms with Crippen molar-refractivity contribution in [3.8, 4) is 0 Å². The molecule has 124 valence electrons. The van der Waals surface area contributed by atoms with Gasteiger partial charge in [-0.1, -0.05) is 26.7 Å². The zero-order valence-electron chi connectivity index (χ0n) is 12.9. The average Bonchev–Trinajstić information content (AvgIpc) is 2.37. The molecule has 0 aliphatic heterocycles. The second-order valence-electron chi connectivity index (χ2n) is 4.98. The van der Waals surface area contributed by atoms with Gasteiger partial charge in [0.1, 0.15) is 6.04 Å². The van der Waals surface area contributed by atoms with Gasteiger partial charge in [0, 0.05) is 0 Å². The summed E-state index contributed by atoms with van der Waals surface area (Å²) in [6.07, 6.45) is 4.36. The van der Waals surface area contributed by atoms with Gasteiger partial charge in [0.25, 0.3) is 0 Å². The molecule has 0 aliphatic rings. The highest BCUT2D eigenvalue weighted by Crippen LogP contribution is 2.16. The summed E-state index contributed by atoms with van der Waals surface area (Å²) in [6.45, 7) is 3.84. The van der Waals surface area contributed by atoms with E-state index < -0.39 is 32.8 Å². The number of nitrogens with one attached hydrogen (secondary N) is 1. The number of rotatable bonds is 11. The first-order valence-corrected chi connectivity index (χ1v) is 10.2. The van der Waals surface area contributed by atoms with E-state index in [1.807, 2.05) is 13.8 Å². The third kappa shape index (κ3) is 7.71. The van der Waals surface area contributed by atoms with Crippen molar-refractivity contribution >= 4 is 33.4 Å². The number of primary amides is 1. The molecule has 0 rings (SSSR count). The van der Waals surface area contributed by atoms with E-state index in [2.05, 4.69) is 5.32 Å². The Morgan fingerprint density at radius 2 is 1.71 bits per heavy atom. The molecule has 3 N–H and O–H groups in total. The zero-order valence-corrected chi connectivity index (χ0v) is 14.6. The van der Waals surface area contributed by atoms with E-state index in [0.29, 0.717) is 12.8 Å². The van der Waals surface area contributed by atoms with Crippen LogP contribution in [-0.4, -0.2) is 49.3 Å². The molecule has 21 heavy (non-hydrogen) atoms. The highest BCUT2D eigenvalue weighted by atomic mass is 32.2. The van der Waals surface area contributed by atoms with Gasteiger partial charge in [-0.2, -0.15) is 11.8 Å². The molecule has 0 fully saturated rings. The van der Waals surface area contributed by atoms with Gasteiger partial charge in [0.2, 0.25) is 11.8 Å². The summed E-state index contributed by atoms with van der Waals surface area (Å²) in [6, 6.07) is -1.16. The lowest BCUT2D eigenvalue weighted by Crippen LogP contribution is -2.50. The van der Waals surface area contributed by atoms with Gasteiger partial charge in [-0.05, 0) is 19.1 Å². The summed E-state index contributed by atoms with van der Waals surface area (Å²) < 4.78 is 24.8. The van der Waals surface area contributed by atoms with Crippen LogP contribution in [0.15, 0.2) is 0 Å². The van der Waals surface area contributed by atoms with Crippen molar-refractivity contribution in [2.24, 2.45) is 5.73 Å². The van der Waals surface area contributed by atoms with Crippen LogP contribution in [0.4, 0.5) is 0 Å². The molecule has 8 heteroatoms. The van der Waals surface area contributed by atoms with Crippen LogP contribution in [0.3, 0.4) is 0 Å². The Morgan fingerprint density at radius 1 is 1.19 bits per heavy atom. The number of sulfone groups is 1. The average molecular weight is 338 g/mol. The maximum atomic E-state index is 12.4. The molecule has 0 saturated carbocycles. The van der Waals surface area contributed by atoms with Crippen molar-refractivity contribution in [1.82, 2.24) is 5.32 Å². The summed E-state index contributed by atoms with van der Waals surface area (Å²) in [5, 5.41) is 1.92. The Morgan fingerprint density at radius 3 is 2.10 bits per heavy atom. The summed E-state index contributed by atoms with van der Waals surface area (Å²) in [7, 11) is -3.47. The predicted octanol–water partition coefficient (Wildman–Crippen LogP) is 0.703. The molecule has 0 saturated heterocycles. The van der Waals surface area contributed by atoms with E-state index in [0.717, 1.165) is 12.8 Å². The molecule has 0 spiro atoms. The van der Waals surface area contributed by atoms with Crippen LogP contribution in [0.2, 0.25) is 0 Å². The van der Waals surface area contributed by atoms with Crippen LogP contribution in [0.25, 0.3) is 0 Å². The minimum atomic E-state index is -3.47. The first-order chi connectivity index (χ1) is 9.78. The topological polar surface area (TPSA) is 106 Å². The number of thioether (sulfide) groups is 1. The zero-order chi connectivity index (χ0) is 16.5. The molecule has 6 nitrogen and oxygen atoms in total. The van der Waals surface area contributed by atoms with Crippen LogP contribution in [-0.2, 0) is 19.4 Å². The minimum absolute atomic E-state index is 0.164. The molecule has 1 atom stereocenters. The van der Waals surface area contributed by atoms with E-state index in [1.54, 1.807) is 6.26 Å². The molecule has 0 aromatic carbocycles. The summed E-state index contributed by atoms with van der Waals surface area (Å²) >= 11 is 1.29. The van der Waals surface area contributed by atoms with Gasteiger partial charge >= 0.3 is 0 Å². The molecule has 0 aromatic heterocycles. The van der Waals surface area contributed by atoms with Gasteiger partial charge in [-0.15, -0.1) is 0 Å². The summed E-state index contributed by atoms with van der Waals surface area (Å²) in [5.41, 5.74) is 5.21. The number of hydrogen-bond acceptors (Lipinski definition) is 5. The molecule has 0 aliphatic carbocycles. The fourth-order valence-corrected chi connectivity index (χ4v) is 4.60. The maximum Gasteiger partial charge on any atom is 0.241 e. The largest absolute Gasteiger partial charge is 0.368 e. The molecule has 0 radical (unpaired) electrons. The Kier molecular flexibility index (Phi) is 9.68. The Labute approximate surface area is 131 Å². The fraction of sp³-hybridized carbons (Fsp3) is 0.846. The lowest BCUT2D eigenvalue weighted by Gasteiger charge is -2.20. The van der Waals surface area contributed by atoms with Crippen molar-refractivity contribution in [2.45, 2.75) is 50.8 Å². The molecular formula is C13H26N2O4S2. The first-order valence-electron chi connectivity index (χ1n) is 7.07. The van der Waals surface area contributed by atoms with E-state index in [-0.39, 0.29) is 11.7 Å². The van der Waals surface area contributed by atoms with Crippen molar-refractivity contribution in [3.05, 3.63) is 0 Å². The number of nitrogens with two attached hydrogens (primary N) is 1. The van der Waals surface area contributed by atoms with Crippen LogP contribution >= 0.6 is 11.8 Å². The normalized spacial score (nSPS) is 13.1. The summed E-state index contributed by atoms with van der Waals surface area (Å²) in [5.74, 6) is -1.46. The lowest BCUT2D eigenvalue weighted by atomic mass is 10.2. The quantitative estimate of drug-likeness (QED) is 0.577. The molecule has 2 amide bonds. The molecular weight excluding hydrogens is 312 g/mol. The predicted molar refractivity (Wildman–Crippen MR) is 86.9 cm³/mol. The van der Waals surface area contributed by atoms with Crippen molar-refractivity contribution < 1.29 is 18.0 Å². The van der Waals surface area contributed by atoms with Gasteiger partial charge < -0.3 is 11.1 Å². The number of carbonyl (C=O) groups is 2. The third-order valence-corrected chi connectivity index (χ3v) is 5.92. The first kappa shape index (κ1) is 20.2. The van der Waals surface area contributed by atoms with E-state index >= 15 is 0 Å². The van der Waals surface area contributed by atoms with Gasteiger partial charge in [0.15, 0.2) is 9.84 Å². The highest BCUT2D eigenvalue weighted by Gasteiger charge is 2.30. The Hall–Kier alpha value is -0.760. The van der Waals surface area contributed by atoms with Crippen LogP contribution in [0.5, 0.6) is 0 Å². The van der Waals surface area contributed by atoms with Crippen LogP contribution in [0.1, 0.15) is 39.5 Å². The van der Waals surface area contributed by atoms with E-state index in [9.17, 15) is 18.0 Å². The van der Waals surface area contributed by atoms with Gasteiger partial charge in [-0.3, -0.25) is 9.59 Å². The van der Waals surface area contributed by atoms with Crippen LogP contribution in [0, 0.1) is 0 Å². The monoisotopic (exact) mass is 338 g/mol.